The first-order valence-corrected chi connectivity index (χ1v) is 7.47. The number of nitrogens with zero attached hydrogens (tertiary/aromatic N) is 1. The lowest BCUT2D eigenvalue weighted by molar-refractivity contribution is 0.0244. The second-order valence-electron chi connectivity index (χ2n) is 6.13. The third-order valence-corrected chi connectivity index (χ3v) is 4.10. The molecule has 0 bridgehead atoms. The summed E-state index contributed by atoms with van der Waals surface area (Å²) in [5.41, 5.74) is 0. The average Bonchev–Trinajstić information content (AvgIpc) is 2.36. The summed E-state index contributed by atoms with van der Waals surface area (Å²) in [6.07, 6.45) is 8.65. The Morgan fingerprint density at radius 1 is 1.22 bits per heavy atom. The zero-order valence-corrected chi connectivity index (χ0v) is 12.7. The standard InChI is InChI=1S/C16H31NO/c1-6-7-14(4)17(12-13(2)3)15-8-10-16(18-5)11-9-15/h6,13-16H,1,7-12H2,2-5H3/t14?,15-,16+. The van der Waals surface area contributed by atoms with Crippen molar-refractivity contribution in [1.82, 2.24) is 4.90 Å². The van der Waals surface area contributed by atoms with E-state index in [4.69, 9.17) is 4.74 Å². The first kappa shape index (κ1) is 15.7. The van der Waals surface area contributed by atoms with Crippen molar-refractivity contribution in [3.63, 3.8) is 0 Å². The van der Waals surface area contributed by atoms with Crippen molar-refractivity contribution >= 4 is 0 Å². The molecule has 0 saturated heterocycles. The van der Waals surface area contributed by atoms with Gasteiger partial charge in [0.2, 0.25) is 0 Å². The Hall–Kier alpha value is -0.340. The van der Waals surface area contributed by atoms with Gasteiger partial charge in [-0.05, 0) is 44.9 Å². The Balaban J connectivity index is 2.56. The molecule has 0 heterocycles. The van der Waals surface area contributed by atoms with Crippen LogP contribution in [-0.4, -0.2) is 36.7 Å². The molecule has 1 aliphatic rings. The van der Waals surface area contributed by atoms with Crippen LogP contribution in [0, 0.1) is 5.92 Å². The first-order chi connectivity index (χ1) is 8.58. The molecule has 1 fully saturated rings. The molecular weight excluding hydrogens is 222 g/mol. The molecule has 0 aliphatic heterocycles. The van der Waals surface area contributed by atoms with Crippen LogP contribution in [0.25, 0.3) is 0 Å². The zero-order chi connectivity index (χ0) is 13.5. The van der Waals surface area contributed by atoms with Crippen molar-refractivity contribution in [3.05, 3.63) is 12.7 Å². The van der Waals surface area contributed by atoms with Crippen LogP contribution < -0.4 is 0 Å². The van der Waals surface area contributed by atoms with Crippen LogP contribution in [0.1, 0.15) is 52.9 Å². The molecule has 1 saturated carbocycles. The third-order valence-electron chi connectivity index (χ3n) is 4.10. The van der Waals surface area contributed by atoms with Crippen molar-refractivity contribution in [2.45, 2.75) is 71.1 Å². The molecule has 0 aromatic carbocycles. The van der Waals surface area contributed by atoms with Gasteiger partial charge in [-0.3, -0.25) is 4.90 Å². The predicted octanol–water partition coefficient (Wildman–Crippen LogP) is 3.87. The van der Waals surface area contributed by atoms with E-state index < -0.39 is 0 Å². The second-order valence-corrected chi connectivity index (χ2v) is 6.13. The van der Waals surface area contributed by atoms with E-state index in [1.54, 1.807) is 0 Å². The normalized spacial score (nSPS) is 26.6. The summed E-state index contributed by atoms with van der Waals surface area (Å²) in [4.78, 5) is 2.71. The number of methoxy groups -OCH3 is 1. The molecule has 1 aliphatic carbocycles. The fourth-order valence-corrected chi connectivity index (χ4v) is 3.10. The number of hydrogen-bond donors (Lipinski definition) is 0. The molecule has 0 spiro atoms. The topological polar surface area (TPSA) is 12.5 Å². The van der Waals surface area contributed by atoms with E-state index in [1.165, 1.54) is 32.2 Å². The van der Waals surface area contributed by atoms with Gasteiger partial charge in [-0.15, -0.1) is 6.58 Å². The third kappa shape index (κ3) is 4.74. The molecule has 0 amide bonds. The summed E-state index contributed by atoms with van der Waals surface area (Å²) in [6.45, 7) is 12.1. The van der Waals surface area contributed by atoms with E-state index in [0.717, 1.165) is 18.4 Å². The SMILES string of the molecule is C=CCC(C)N(CC(C)C)[C@H]1CC[C@@H](OC)CC1. The monoisotopic (exact) mass is 253 g/mol. The highest BCUT2D eigenvalue weighted by Crippen LogP contribution is 2.27. The Kier molecular flexibility index (Phi) is 6.95. The van der Waals surface area contributed by atoms with Crippen LogP contribution in [-0.2, 0) is 4.74 Å². The molecular formula is C16H31NO. The maximum absolute atomic E-state index is 5.47. The number of rotatable bonds is 7. The first-order valence-electron chi connectivity index (χ1n) is 7.47. The lowest BCUT2D eigenvalue weighted by Crippen LogP contribution is -2.46. The van der Waals surface area contributed by atoms with Crippen LogP contribution >= 0.6 is 0 Å². The minimum Gasteiger partial charge on any atom is -0.381 e. The molecule has 106 valence electrons. The maximum atomic E-state index is 5.47. The average molecular weight is 253 g/mol. The van der Waals surface area contributed by atoms with E-state index in [0.29, 0.717) is 12.1 Å². The quantitative estimate of drug-likeness (QED) is 0.639. The number of hydrogen-bond acceptors (Lipinski definition) is 2. The van der Waals surface area contributed by atoms with Crippen molar-refractivity contribution < 1.29 is 4.74 Å². The largest absolute Gasteiger partial charge is 0.381 e. The highest BCUT2D eigenvalue weighted by molar-refractivity contribution is 4.86. The molecule has 2 heteroatoms. The van der Waals surface area contributed by atoms with Crippen molar-refractivity contribution in [1.29, 1.82) is 0 Å². The summed E-state index contributed by atoms with van der Waals surface area (Å²) in [7, 11) is 1.84. The molecule has 0 aromatic heterocycles. The van der Waals surface area contributed by atoms with Crippen LogP contribution in [0.2, 0.25) is 0 Å². The molecule has 0 N–H and O–H groups in total. The van der Waals surface area contributed by atoms with Gasteiger partial charge in [0.1, 0.15) is 0 Å². The summed E-state index contributed by atoms with van der Waals surface area (Å²) in [6, 6.07) is 1.36. The molecule has 1 unspecified atom stereocenters. The minimum absolute atomic E-state index is 0.497. The van der Waals surface area contributed by atoms with Crippen molar-refractivity contribution in [3.8, 4) is 0 Å². The Morgan fingerprint density at radius 3 is 2.28 bits per heavy atom. The van der Waals surface area contributed by atoms with Gasteiger partial charge in [-0.1, -0.05) is 19.9 Å². The fourth-order valence-electron chi connectivity index (χ4n) is 3.10. The van der Waals surface area contributed by atoms with E-state index in [1.807, 2.05) is 7.11 Å². The Morgan fingerprint density at radius 2 is 1.83 bits per heavy atom. The van der Waals surface area contributed by atoms with Gasteiger partial charge in [0.15, 0.2) is 0 Å². The van der Waals surface area contributed by atoms with Gasteiger partial charge in [0.05, 0.1) is 6.10 Å². The van der Waals surface area contributed by atoms with Gasteiger partial charge >= 0.3 is 0 Å². The molecule has 0 aromatic rings. The smallest absolute Gasteiger partial charge is 0.0572 e. The minimum atomic E-state index is 0.497. The molecule has 1 rings (SSSR count). The van der Waals surface area contributed by atoms with Crippen LogP contribution in [0.3, 0.4) is 0 Å². The van der Waals surface area contributed by atoms with E-state index in [2.05, 4.69) is 38.3 Å². The van der Waals surface area contributed by atoms with Crippen LogP contribution in [0.4, 0.5) is 0 Å². The lowest BCUT2D eigenvalue weighted by atomic mass is 9.90. The molecule has 1 atom stereocenters. The highest BCUT2D eigenvalue weighted by atomic mass is 16.5. The molecule has 18 heavy (non-hydrogen) atoms. The predicted molar refractivity (Wildman–Crippen MR) is 78.9 cm³/mol. The van der Waals surface area contributed by atoms with Crippen LogP contribution in [0.15, 0.2) is 12.7 Å². The summed E-state index contributed by atoms with van der Waals surface area (Å²) in [5, 5.41) is 0. The van der Waals surface area contributed by atoms with Gasteiger partial charge in [0, 0.05) is 25.7 Å². The Labute approximate surface area is 113 Å². The summed E-state index contributed by atoms with van der Waals surface area (Å²) in [5.74, 6) is 0.734. The van der Waals surface area contributed by atoms with Crippen molar-refractivity contribution in [2.24, 2.45) is 5.92 Å². The van der Waals surface area contributed by atoms with Crippen molar-refractivity contribution in [2.75, 3.05) is 13.7 Å². The molecule has 0 radical (unpaired) electrons. The summed E-state index contributed by atoms with van der Waals surface area (Å²) >= 11 is 0. The fraction of sp³-hybridized carbons (Fsp3) is 0.875. The van der Waals surface area contributed by atoms with Gasteiger partial charge in [-0.25, -0.2) is 0 Å². The maximum Gasteiger partial charge on any atom is 0.0572 e. The van der Waals surface area contributed by atoms with E-state index in [9.17, 15) is 0 Å². The Bertz CT molecular complexity index is 231. The van der Waals surface area contributed by atoms with Gasteiger partial charge in [-0.2, -0.15) is 0 Å². The van der Waals surface area contributed by atoms with Crippen LogP contribution in [0.5, 0.6) is 0 Å². The lowest BCUT2D eigenvalue weighted by Gasteiger charge is -2.41. The second kappa shape index (κ2) is 7.96. The zero-order valence-electron chi connectivity index (χ0n) is 12.7. The van der Waals surface area contributed by atoms with Gasteiger partial charge in [0.25, 0.3) is 0 Å². The van der Waals surface area contributed by atoms with Gasteiger partial charge < -0.3 is 4.74 Å². The molecule has 2 nitrogen and oxygen atoms in total. The summed E-state index contributed by atoms with van der Waals surface area (Å²) < 4.78 is 5.47. The van der Waals surface area contributed by atoms with E-state index >= 15 is 0 Å². The highest BCUT2D eigenvalue weighted by Gasteiger charge is 2.28. The number of ether oxygens (including phenoxy) is 1. The van der Waals surface area contributed by atoms with E-state index in [-0.39, 0.29) is 0 Å².